The summed E-state index contributed by atoms with van der Waals surface area (Å²) in [5.41, 5.74) is 5.86. The summed E-state index contributed by atoms with van der Waals surface area (Å²) in [7, 11) is 0. The number of amides is 2. The predicted octanol–water partition coefficient (Wildman–Crippen LogP) is 5.92. The second-order valence-electron chi connectivity index (χ2n) is 8.02. The zero-order valence-corrected chi connectivity index (χ0v) is 23.9. The summed E-state index contributed by atoms with van der Waals surface area (Å²) in [6.07, 6.45) is 1.41. The van der Waals surface area contributed by atoms with Crippen LogP contribution in [0.5, 0.6) is 11.5 Å². The third-order valence-corrected chi connectivity index (χ3v) is 6.50. The van der Waals surface area contributed by atoms with Crippen molar-refractivity contribution in [1.29, 1.82) is 0 Å². The molecule has 0 aliphatic carbocycles. The molecule has 0 heterocycles. The number of nitrogens with one attached hydrogen (secondary N) is 2. The first-order valence-corrected chi connectivity index (χ1v) is 12.9. The molecule has 10 nitrogen and oxygen atoms in total. The molecule has 0 saturated heterocycles. The monoisotopic (exact) mass is 646 g/mol. The highest BCUT2D eigenvalue weighted by atomic mass is 79.9. The summed E-state index contributed by atoms with van der Waals surface area (Å²) in [6.45, 7) is 5.86. The Bertz CT molecular complexity index is 1390. The van der Waals surface area contributed by atoms with Gasteiger partial charge < -0.3 is 14.8 Å². The fourth-order valence-electron chi connectivity index (χ4n) is 3.23. The lowest BCUT2D eigenvalue weighted by Gasteiger charge is -2.15. The van der Waals surface area contributed by atoms with Crippen molar-refractivity contribution in [3.63, 3.8) is 0 Å². The van der Waals surface area contributed by atoms with Crippen molar-refractivity contribution in [2.24, 2.45) is 5.10 Å². The van der Waals surface area contributed by atoms with Crippen LogP contribution in [0, 0.1) is 24.0 Å². The van der Waals surface area contributed by atoms with Crippen LogP contribution in [-0.2, 0) is 4.79 Å². The smallest absolute Gasteiger partial charge is 0.271 e. The highest BCUT2D eigenvalue weighted by molar-refractivity contribution is 9.11. The van der Waals surface area contributed by atoms with Gasteiger partial charge in [-0.2, -0.15) is 5.10 Å². The molecule has 0 fully saturated rings. The van der Waals surface area contributed by atoms with Crippen LogP contribution in [0.4, 0.5) is 11.4 Å². The van der Waals surface area contributed by atoms with Crippen molar-refractivity contribution >= 4 is 61.3 Å². The number of carbonyl (C=O) groups is 2. The summed E-state index contributed by atoms with van der Waals surface area (Å²) in [5.74, 6) is -0.150. The Balaban J connectivity index is 1.67. The molecule has 3 aromatic carbocycles. The predicted molar refractivity (Wildman–Crippen MR) is 151 cm³/mol. The van der Waals surface area contributed by atoms with Gasteiger partial charge >= 0.3 is 0 Å². The summed E-state index contributed by atoms with van der Waals surface area (Å²) in [4.78, 5) is 35.0. The number of nitro benzene ring substituents is 1. The number of benzene rings is 3. The van der Waals surface area contributed by atoms with E-state index in [2.05, 4.69) is 47.7 Å². The number of hydrogen-bond donors (Lipinski definition) is 2. The first-order valence-electron chi connectivity index (χ1n) is 11.3. The summed E-state index contributed by atoms with van der Waals surface area (Å²) < 4.78 is 12.7. The Labute approximate surface area is 235 Å². The Morgan fingerprint density at radius 3 is 2.37 bits per heavy atom. The molecule has 2 amide bonds. The van der Waals surface area contributed by atoms with Gasteiger partial charge in [-0.1, -0.05) is 0 Å². The van der Waals surface area contributed by atoms with E-state index in [1.54, 1.807) is 12.1 Å². The summed E-state index contributed by atoms with van der Waals surface area (Å²) in [6, 6.07) is 12.3. The van der Waals surface area contributed by atoms with Crippen LogP contribution in [0.1, 0.15) is 34.0 Å². The van der Waals surface area contributed by atoms with Gasteiger partial charge in [-0.25, -0.2) is 5.43 Å². The van der Waals surface area contributed by atoms with Gasteiger partial charge in [-0.3, -0.25) is 19.7 Å². The number of hydrazone groups is 1. The molecule has 3 aromatic rings. The quantitative estimate of drug-likeness (QED) is 0.160. The van der Waals surface area contributed by atoms with E-state index in [1.165, 1.54) is 30.5 Å². The van der Waals surface area contributed by atoms with Gasteiger partial charge in [0.25, 0.3) is 17.5 Å². The Morgan fingerprint density at radius 2 is 1.71 bits per heavy atom. The maximum absolute atomic E-state index is 12.5. The zero-order valence-electron chi connectivity index (χ0n) is 20.7. The molecule has 0 atom stereocenters. The number of aryl methyl sites for hydroxylation is 2. The minimum Gasteiger partial charge on any atom is -0.490 e. The molecule has 0 saturated carbocycles. The zero-order chi connectivity index (χ0) is 27.8. The molecule has 38 heavy (non-hydrogen) atoms. The highest BCUT2D eigenvalue weighted by Crippen LogP contribution is 2.36. The van der Waals surface area contributed by atoms with Crippen LogP contribution in [0.3, 0.4) is 0 Å². The minimum absolute atomic E-state index is 0.115. The number of anilines is 1. The van der Waals surface area contributed by atoms with Crippen molar-refractivity contribution < 1.29 is 24.0 Å². The van der Waals surface area contributed by atoms with Crippen LogP contribution in [-0.4, -0.2) is 36.2 Å². The van der Waals surface area contributed by atoms with Crippen LogP contribution < -0.4 is 20.2 Å². The van der Waals surface area contributed by atoms with Crippen LogP contribution in [0.25, 0.3) is 0 Å². The van der Waals surface area contributed by atoms with E-state index < -0.39 is 10.8 Å². The van der Waals surface area contributed by atoms with E-state index >= 15 is 0 Å². The van der Waals surface area contributed by atoms with Gasteiger partial charge in [-0.05, 0) is 106 Å². The molecule has 0 radical (unpaired) electrons. The first-order chi connectivity index (χ1) is 18.1. The number of hydrogen-bond acceptors (Lipinski definition) is 7. The summed E-state index contributed by atoms with van der Waals surface area (Å²) >= 11 is 6.90. The molecule has 198 valence electrons. The van der Waals surface area contributed by atoms with Crippen molar-refractivity contribution in [3.05, 3.63) is 89.8 Å². The number of ether oxygens (including phenoxy) is 2. The third kappa shape index (κ3) is 7.62. The number of nitro groups is 1. The standard InChI is InChI=1S/C26H24Br2N4O6/c1-4-37-23-12-17(13-29-31-26(34)18-5-7-19(8-6-18)32(35)36)11-21(28)25(23)38-14-24(33)30-22-10-16(3)15(2)9-20(22)27/h5-13H,4,14H2,1-3H3,(H,30,33)(H,31,34)/b29-13+. The summed E-state index contributed by atoms with van der Waals surface area (Å²) in [5, 5.41) is 17.5. The van der Waals surface area contributed by atoms with E-state index in [9.17, 15) is 19.7 Å². The van der Waals surface area contributed by atoms with Gasteiger partial charge in [0, 0.05) is 22.2 Å². The Morgan fingerprint density at radius 1 is 1.03 bits per heavy atom. The molecule has 0 aromatic heterocycles. The van der Waals surface area contributed by atoms with E-state index in [-0.39, 0.29) is 23.8 Å². The van der Waals surface area contributed by atoms with Gasteiger partial charge in [-0.15, -0.1) is 0 Å². The molecular formula is C26H24Br2N4O6. The van der Waals surface area contributed by atoms with E-state index in [0.717, 1.165) is 15.6 Å². The number of carbonyl (C=O) groups excluding carboxylic acids is 2. The van der Waals surface area contributed by atoms with Crippen LogP contribution >= 0.6 is 31.9 Å². The van der Waals surface area contributed by atoms with E-state index in [4.69, 9.17) is 9.47 Å². The minimum atomic E-state index is -0.544. The fourth-order valence-corrected chi connectivity index (χ4v) is 4.36. The van der Waals surface area contributed by atoms with Crippen LogP contribution in [0.2, 0.25) is 0 Å². The fraction of sp³-hybridized carbons (Fsp3) is 0.192. The molecule has 0 aliphatic heterocycles. The van der Waals surface area contributed by atoms with Gasteiger partial charge in [0.15, 0.2) is 18.1 Å². The molecule has 3 rings (SSSR count). The number of rotatable bonds is 10. The molecular weight excluding hydrogens is 624 g/mol. The SMILES string of the molecule is CCOc1cc(/C=N/NC(=O)c2ccc([N+](=O)[O-])cc2)cc(Br)c1OCC(=O)Nc1cc(C)c(C)cc1Br. The highest BCUT2D eigenvalue weighted by Gasteiger charge is 2.15. The lowest BCUT2D eigenvalue weighted by atomic mass is 10.1. The molecule has 0 aliphatic rings. The van der Waals surface area contributed by atoms with Crippen molar-refractivity contribution in [3.8, 4) is 11.5 Å². The van der Waals surface area contributed by atoms with E-state index in [1.807, 2.05) is 32.9 Å². The number of nitrogens with zero attached hydrogens (tertiary/aromatic N) is 2. The molecule has 0 unspecified atom stereocenters. The molecule has 0 spiro atoms. The number of non-ortho nitro benzene ring substituents is 1. The van der Waals surface area contributed by atoms with E-state index in [0.29, 0.717) is 33.8 Å². The average molecular weight is 648 g/mol. The Hall–Kier alpha value is -3.77. The lowest BCUT2D eigenvalue weighted by Crippen LogP contribution is -2.21. The lowest BCUT2D eigenvalue weighted by molar-refractivity contribution is -0.384. The first kappa shape index (κ1) is 28.8. The van der Waals surface area contributed by atoms with Gasteiger partial charge in [0.1, 0.15) is 0 Å². The maximum Gasteiger partial charge on any atom is 0.271 e. The molecule has 0 bridgehead atoms. The average Bonchev–Trinajstić information content (AvgIpc) is 2.87. The topological polar surface area (TPSA) is 132 Å². The number of halogens is 2. The normalized spacial score (nSPS) is 10.8. The Kier molecular flexibility index (Phi) is 9.97. The van der Waals surface area contributed by atoms with Gasteiger partial charge in [0.05, 0.1) is 27.9 Å². The van der Waals surface area contributed by atoms with Crippen molar-refractivity contribution in [1.82, 2.24) is 5.43 Å². The maximum atomic E-state index is 12.5. The third-order valence-electron chi connectivity index (χ3n) is 5.26. The largest absolute Gasteiger partial charge is 0.490 e. The van der Waals surface area contributed by atoms with Gasteiger partial charge in [0.2, 0.25) is 0 Å². The second kappa shape index (κ2) is 13.2. The molecule has 12 heteroatoms. The van der Waals surface area contributed by atoms with Crippen molar-refractivity contribution in [2.75, 3.05) is 18.5 Å². The van der Waals surface area contributed by atoms with Crippen molar-refractivity contribution in [2.45, 2.75) is 20.8 Å². The van der Waals surface area contributed by atoms with Crippen LogP contribution in [0.15, 0.2) is 62.6 Å². The second-order valence-corrected chi connectivity index (χ2v) is 9.73. The molecule has 2 N–H and O–H groups in total.